The highest BCUT2D eigenvalue weighted by Crippen LogP contribution is 2.38. The van der Waals surface area contributed by atoms with Crippen LogP contribution >= 0.6 is 11.6 Å². The van der Waals surface area contributed by atoms with Gasteiger partial charge in [-0.2, -0.15) is 0 Å². The Kier molecular flexibility index (Phi) is 6.27. The predicted octanol–water partition coefficient (Wildman–Crippen LogP) is 6.26. The standard InChI is InChI=1S/C24H23ClO3/c1-16-5-7-17(8-6-16)21(18-9-11-19(25)12-10-18)15-22-23(27-3)13-20(26-2)14-24(22)28-4/h5-15H,1-4H3/b21-15+. The molecule has 3 aromatic rings. The van der Waals surface area contributed by atoms with E-state index in [-0.39, 0.29) is 0 Å². The Balaban J connectivity index is 2.24. The molecule has 0 saturated carbocycles. The number of benzene rings is 3. The van der Waals surface area contributed by atoms with Crippen molar-refractivity contribution in [1.82, 2.24) is 0 Å². The Labute approximate surface area is 171 Å². The Morgan fingerprint density at radius 1 is 0.750 bits per heavy atom. The maximum atomic E-state index is 6.10. The molecule has 3 rings (SSSR count). The van der Waals surface area contributed by atoms with Crippen LogP contribution in [0.2, 0.25) is 5.02 Å². The van der Waals surface area contributed by atoms with Crippen LogP contribution in [0, 0.1) is 6.92 Å². The lowest BCUT2D eigenvalue weighted by Gasteiger charge is -2.15. The highest BCUT2D eigenvalue weighted by atomic mass is 35.5. The summed E-state index contributed by atoms with van der Waals surface area (Å²) in [5.41, 5.74) is 5.23. The number of aryl methyl sites for hydroxylation is 1. The first-order valence-electron chi connectivity index (χ1n) is 8.90. The highest BCUT2D eigenvalue weighted by Gasteiger charge is 2.14. The maximum absolute atomic E-state index is 6.10. The number of hydrogen-bond donors (Lipinski definition) is 0. The summed E-state index contributed by atoms with van der Waals surface area (Å²) in [6.45, 7) is 2.07. The SMILES string of the molecule is COc1cc(OC)c(/C=C(\c2ccc(C)cc2)c2ccc(Cl)cc2)c(OC)c1. The van der Waals surface area contributed by atoms with E-state index in [0.717, 1.165) is 22.3 Å². The molecule has 0 radical (unpaired) electrons. The van der Waals surface area contributed by atoms with Crippen LogP contribution in [0.3, 0.4) is 0 Å². The fourth-order valence-electron chi connectivity index (χ4n) is 3.02. The van der Waals surface area contributed by atoms with Gasteiger partial charge in [-0.1, -0.05) is 53.6 Å². The van der Waals surface area contributed by atoms with Gasteiger partial charge in [0, 0.05) is 17.2 Å². The minimum absolute atomic E-state index is 0.675. The number of hydrogen-bond acceptors (Lipinski definition) is 3. The van der Waals surface area contributed by atoms with Crippen LogP contribution in [-0.4, -0.2) is 21.3 Å². The third-order valence-electron chi connectivity index (χ3n) is 4.56. The van der Waals surface area contributed by atoms with Crippen molar-refractivity contribution in [2.75, 3.05) is 21.3 Å². The quantitative estimate of drug-likeness (QED) is 0.461. The molecule has 0 saturated heterocycles. The van der Waals surface area contributed by atoms with E-state index in [2.05, 4.69) is 37.3 Å². The highest BCUT2D eigenvalue weighted by molar-refractivity contribution is 6.30. The van der Waals surface area contributed by atoms with Crippen molar-refractivity contribution in [2.24, 2.45) is 0 Å². The molecule has 0 aliphatic rings. The molecule has 28 heavy (non-hydrogen) atoms. The summed E-state index contributed by atoms with van der Waals surface area (Å²) < 4.78 is 16.6. The lowest BCUT2D eigenvalue weighted by Crippen LogP contribution is -1.96. The summed E-state index contributed by atoms with van der Waals surface area (Å²) in [5, 5.41) is 0.701. The fraction of sp³-hybridized carbons (Fsp3) is 0.167. The molecule has 0 spiro atoms. The molecule has 3 aromatic carbocycles. The zero-order valence-electron chi connectivity index (χ0n) is 16.5. The van der Waals surface area contributed by atoms with E-state index in [1.807, 2.05) is 36.4 Å². The van der Waals surface area contributed by atoms with Crippen molar-refractivity contribution >= 4 is 23.3 Å². The minimum Gasteiger partial charge on any atom is -0.496 e. The molecule has 0 N–H and O–H groups in total. The third-order valence-corrected chi connectivity index (χ3v) is 4.81. The Bertz CT molecular complexity index is 901. The second kappa shape index (κ2) is 8.85. The van der Waals surface area contributed by atoms with Gasteiger partial charge in [-0.15, -0.1) is 0 Å². The van der Waals surface area contributed by atoms with Crippen molar-refractivity contribution in [3.8, 4) is 17.2 Å². The van der Waals surface area contributed by atoms with E-state index in [4.69, 9.17) is 25.8 Å². The van der Waals surface area contributed by atoms with Gasteiger partial charge in [-0.3, -0.25) is 0 Å². The zero-order valence-corrected chi connectivity index (χ0v) is 17.2. The first-order valence-corrected chi connectivity index (χ1v) is 9.28. The Morgan fingerprint density at radius 3 is 1.71 bits per heavy atom. The number of methoxy groups -OCH3 is 3. The minimum atomic E-state index is 0.675. The molecule has 0 atom stereocenters. The Morgan fingerprint density at radius 2 is 1.25 bits per heavy atom. The van der Waals surface area contributed by atoms with E-state index in [0.29, 0.717) is 22.3 Å². The number of ether oxygens (including phenoxy) is 3. The van der Waals surface area contributed by atoms with Gasteiger partial charge in [0.05, 0.1) is 26.9 Å². The lowest BCUT2D eigenvalue weighted by molar-refractivity contribution is 0.374. The second-order valence-corrected chi connectivity index (χ2v) is 6.81. The first kappa shape index (κ1) is 19.8. The molecule has 0 aliphatic carbocycles. The van der Waals surface area contributed by atoms with Crippen LogP contribution in [0.25, 0.3) is 11.6 Å². The van der Waals surface area contributed by atoms with Gasteiger partial charge in [-0.05, 0) is 41.8 Å². The van der Waals surface area contributed by atoms with E-state index in [1.54, 1.807) is 21.3 Å². The summed E-state index contributed by atoms with van der Waals surface area (Å²) in [5.74, 6) is 2.03. The molecule has 0 fully saturated rings. The van der Waals surface area contributed by atoms with Crippen molar-refractivity contribution < 1.29 is 14.2 Å². The van der Waals surface area contributed by atoms with Crippen LogP contribution in [-0.2, 0) is 0 Å². The smallest absolute Gasteiger partial charge is 0.133 e. The molecule has 3 nitrogen and oxygen atoms in total. The van der Waals surface area contributed by atoms with Crippen molar-refractivity contribution in [1.29, 1.82) is 0 Å². The monoisotopic (exact) mass is 394 g/mol. The topological polar surface area (TPSA) is 27.7 Å². The van der Waals surface area contributed by atoms with E-state index >= 15 is 0 Å². The number of halogens is 1. The second-order valence-electron chi connectivity index (χ2n) is 6.38. The summed E-state index contributed by atoms with van der Waals surface area (Å²) in [4.78, 5) is 0. The third kappa shape index (κ3) is 4.32. The summed E-state index contributed by atoms with van der Waals surface area (Å²) in [7, 11) is 4.90. The first-order chi connectivity index (χ1) is 13.5. The normalized spacial score (nSPS) is 11.2. The van der Waals surface area contributed by atoms with Crippen LogP contribution < -0.4 is 14.2 Å². The molecule has 0 aliphatic heterocycles. The van der Waals surface area contributed by atoms with E-state index in [1.165, 1.54) is 5.56 Å². The Hall–Kier alpha value is -2.91. The number of rotatable bonds is 6. The van der Waals surface area contributed by atoms with Gasteiger partial charge in [0.15, 0.2) is 0 Å². The summed E-state index contributed by atoms with van der Waals surface area (Å²) >= 11 is 6.10. The van der Waals surface area contributed by atoms with E-state index < -0.39 is 0 Å². The molecule has 0 heterocycles. The summed E-state index contributed by atoms with van der Waals surface area (Å²) in [6, 6.07) is 19.9. The molecule has 0 unspecified atom stereocenters. The van der Waals surface area contributed by atoms with Crippen LogP contribution in [0.15, 0.2) is 60.7 Å². The van der Waals surface area contributed by atoms with Gasteiger partial charge >= 0.3 is 0 Å². The molecule has 0 amide bonds. The van der Waals surface area contributed by atoms with Gasteiger partial charge < -0.3 is 14.2 Å². The largest absolute Gasteiger partial charge is 0.496 e. The molecular formula is C24H23ClO3. The fourth-order valence-corrected chi connectivity index (χ4v) is 3.14. The van der Waals surface area contributed by atoms with Gasteiger partial charge in [0.2, 0.25) is 0 Å². The van der Waals surface area contributed by atoms with Crippen LogP contribution in [0.5, 0.6) is 17.2 Å². The molecular weight excluding hydrogens is 372 g/mol. The van der Waals surface area contributed by atoms with E-state index in [9.17, 15) is 0 Å². The summed E-state index contributed by atoms with van der Waals surface area (Å²) in [6.07, 6.45) is 2.07. The molecule has 0 aromatic heterocycles. The maximum Gasteiger partial charge on any atom is 0.133 e. The van der Waals surface area contributed by atoms with Crippen LogP contribution in [0.4, 0.5) is 0 Å². The average molecular weight is 395 g/mol. The molecule has 4 heteroatoms. The van der Waals surface area contributed by atoms with Crippen molar-refractivity contribution in [2.45, 2.75) is 6.92 Å². The van der Waals surface area contributed by atoms with Gasteiger partial charge in [0.1, 0.15) is 17.2 Å². The zero-order chi connectivity index (χ0) is 20.1. The van der Waals surface area contributed by atoms with Crippen LogP contribution in [0.1, 0.15) is 22.3 Å². The predicted molar refractivity (Wildman–Crippen MR) is 116 cm³/mol. The lowest BCUT2D eigenvalue weighted by atomic mass is 9.94. The van der Waals surface area contributed by atoms with Crippen molar-refractivity contribution in [3.05, 3.63) is 87.9 Å². The molecule has 144 valence electrons. The molecule has 0 bridgehead atoms. The van der Waals surface area contributed by atoms with Gasteiger partial charge in [0.25, 0.3) is 0 Å². The van der Waals surface area contributed by atoms with Crippen molar-refractivity contribution in [3.63, 3.8) is 0 Å². The van der Waals surface area contributed by atoms with Gasteiger partial charge in [-0.25, -0.2) is 0 Å². The average Bonchev–Trinajstić information content (AvgIpc) is 2.73.